The monoisotopic (exact) mass is 442 g/mol. The van der Waals surface area contributed by atoms with Crippen molar-refractivity contribution in [2.24, 2.45) is 29.1 Å². The Hall–Kier alpha value is -1.35. The van der Waals surface area contributed by atoms with E-state index >= 15 is 0 Å². The molecule has 0 aromatic heterocycles. The molecule has 180 valence electrons. The molecule has 3 aliphatic carbocycles. The summed E-state index contributed by atoms with van der Waals surface area (Å²) in [6.45, 7) is 13.5. The molecule has 0 spiro atoms. The number of ether oxygens (including phenoxy) is 1. The molecule has 0 radical (unpaired) electrons. The first kappa shape index (κ1) is 25.3. The molecule has 3 saturated carbocycles. The molecule has 0 aromatic carbocycles. The lowest BCUT2D eigenvalue weighted by atomic mass is 9.60. The highest BCUT2D eigenvalue weighted by Gasteiger charge is 2.50. The zero-order valence-corrected chi connectivity index (χ0v) is 21.0. The molecule has 3 heteroatoms. The minimum Gasteiger partial charge on any atom is -0.460 e. The third-order valence-corrected chi connectivity index (χ3v) is 8.76. The van der Waals surface area contributed by atoms with Crippen LogP contribution in [0.3, 0.4) is 0 Å². The van der Waals surface area contributed by atoms with Crippen molar-refractivity contribution in [2.75, 3.05) is 6.61 Å². The predicted molar refractivity (Wildman–Crippen MR) is 132 cm³/mol. The van der Waals surface area contributed by atoms with Gasteiger partial charge in [-0.25, -0.2) is 4.79 Å². The number of hydrogen-bond donors (Lipinski definition) is 1. The molecule has 3 aliphatic rings. The smallest absolute Gasteiger partial charge is 0.332 e. The minimum absolute atomic E-state index is 0.135. The van der Waals surface area contributed by atoms with Gasteiger partial charge in [0.2, 0.25) is 0 Å². The number of esters is 1. The lowest BCUT2D eigenvalue weighted by Gasteiger charge is -2.44. The topological polar surface area (TPSA) is 46.5 Å². The SMILES string of the molecule is C=C1CC[C@H](OC(=O)CO)C/C1=C/C=C1CCC[C@@]2(C)C1CC[C@@H]2[C@H](C)CCCC(C)C. The second-order valence-corrected chi connectivity index (χ2v) is 11.4. The Labute approximate surface area is 196 Å². The van der Waals surface area contributed by atoms with E-state index in [4.69, 9.17) is 9.84 Å². The fourth-order valence-corrected chi connectivity index (χ4v) is 6.97. The highest BCUT2D eigenvalue weighted by molar-refractivity contribution is 5.70. The molecule has 32 heavy (non-hydrogen) atoms. The Bertz CT molecular complexity index is 731. The van der Waals surface area contributed by atoms with E-state index < -0.39 is 12.6 Å². The average molecular weight is 443 g/mol. The van der Waals surface area contributed by atoms with E-state index in [1.54, 1.807) is 5.57 Å². The number of fused-ring (bicyclic) bond motifs is 1. The molecule has 3 nitrogen and oxygen atoms in total. The van der Waals surface area contributed by atoms with Gasteiger partial charge in [-0.15, -0.1) is 0 Å². The number of rotatable bonds is 8. The van der Waals surface area contributed by atoms with Gasteiger partial charge < -0.3 is 9.84 Å². The van der Waals surface area contributed by atoms with Crippen molar-refractivity contribution >= 4 is 5.97 Å². The molecule has 3 fully saturated rings. The van der Waals surface area contributed by atoms with Crippen LogP contribution in [0.4, 0.5) is 0 Å². The van der Waals surface area contributed by atoms with Crippen molar-refractivity contribution < 1.29 is 14.6 Å². The highest BCUT2D eigenvalue weighted by atomic mass is 16.6. The number of aliphatic hydroxyl groups is 1. The molecule has 0 heterocycles. The highest BCUT2D eigenvalue weighted by Crippen LogP contribution is 2.60. The van der Waals surface area contributed by atoms with Gasteiger partial charge in [0.05, 0.1) is 0 Å². The zero-order valence-electron chi connectivity index (χ0n) is 21.0. The van der Waals surface area contributed by atoms with Crippen molar-refractivity contribution in [3.05, 3.63) is 35.5 Å². The van der Waals surface area contributed by atoms with Crippen LogP contribution in [-0.4, -0.2) is 23.8 Å². The quantitative estimate of drug-likeness (QED) is 0.406. The molecule has 0 bridgehead atoms. The standard InChI is InChI=1S/C29H46O3/c1-20(2)8-6-9-22(4)26-15-16-27-23(10-7-17-29(26,27)5)12-13-24-18-25(14-11-21(24)3)32-28(31)19-30/h12-13,20,22,25-27,30H,3,6-11,14-19H2,1-2,4-5H3/b23-12?,24-13-/t22-,25+,26-,27?,29-/m1/s1. The molecule has 0 saturated heterocycles. The molecule has 3 rings (SSSR count). The summed E-state index contributed by atoms with van der Waals surface area (Å²) in [5.41, 5.74) is 4.45. The molecular weight excluding hydrogens is 396 g/mol. The first-order chi connectivity index (χ1) is 15.2. The van der Waals surface area contributed by atoms with Crippen molar-refractivity contribution in [3.63, 3.8) is 0 Å². The summed E-state index contributed by atoms with van der Waals surface area (Å²) in [5.74, 6) is 2.67. The maximum Gasteiger partial charge on any atom is 0.332 e. The van der Waals surface area contributed by atoms with Crippen molar-refractivity contribution in [2.45, 2.75) is 104 Å². The molecule has 0 aromatic rings. The Morgan fingerprint density at radius 3 is 2.69 bits per heavy atom. The number of carbonyl (C=O) groups excluding carboxylic acids is 1. The summed E-state index contributed by atoms with van der Waals surface area (Å²) in [5, 5.41) is 8.98. The molecular formula is C29H46O3. The van der Waals surface area contributed by atoms with Gasteiger partial charge in [-0.3, -0.25) is 0 Å². The summed E-state index contributed by atoms with van der Waals surface area (Å²) in [4.78, 5) is 11.5. The molecule has 1 unspecified atom stereocenters. The normalized spacial score (nSPS) is 34.2. The van der Waals surface area contributed by atoms with Crippen LogP contribution in [0.5, 0.6) is 0 Å². The summed E-state index contributed by atoms with van der Waals surface area (Å²) in [7, 11) is 0. The van der Waals surface area contributed by atoms with Gasteiger partial charge in [0.1, 0.15) is 12.7 Å². The Kier molecular flexibility index (Phi) is 8.83. The molecule has 5 atom stereocenters. The number of aliphatic hydroxyl groups excluding tert-OH is 1. The largest absolute Gasteiger partial charge is 0.460 e. The van der Waals surface area contributed by atoms with E-state index in [0.29, 0.717) is 17.8 Å². The van der Waals surface area contributed by atoms with E-state index in [-0.39, 0.29) is 6.10 Å². The van der Waals surface area contributed by atoms with Gasteiger partial charge in [0, 0.05) is 6.42 Å². The number of hydrogen-bond acceptors (Lipinski definition) is 3. The van der Waals surface area contributed by atoms with E-state index in [9.17, 15) is 4.79 Å². The Morgan fingerprint density at radius 1 is 1.19 bits per heavy atom. The van der Waals surface area contributed by atoms with Gasteiger partial charge in [0.25, 0.3) is 0 Å². The third-order valence-electron chi connectivity index (χ3n) is 8.76. The van der Waals surface area contributed by atoms with E-state index in [1.807, 2.05) is 0 Å². The van der Waals surface area contributed by atoms with Crippen LogP contribution >= 0.6 is 0 Å². The predicted octanol–water partition coefficient (Wildman–Crippen LogP) is 7.16. The van der Waals surface area contributed by atoms with Gasteiger partial charge in [-0.2, -0.15) is 0 Å². The van der Waals surface area contributed by atoms with Crippen LogP contribution in [0.25, 0.3) is 0 Å². The van der Waals surface area contributed by atoms with Crippen molar-refractivity contribution in [1.82, 2.24) is 0 Å². The van der Waals surface area contributed by atoms with E-state index in [2.05, 4.69) is 46.4 Å². The molecule has 1 N–H and O–H groups in total. The second kappa shape index (κ2) is 11.2. The number of carbonyl (C=O) groups is 1. The van der Waals surface area contributed by atoms with Crippen LogP contribution in [0.1, 0.15) is 98.3 Å². The van der Waals surface area contributed by atoms with Gasteiger partial charge in [-0.1, -0.05) is 76.8 Å². The minimum atomic E-state index is -0.544. The van der Waals surface area contributed by atoms with Gasteiger partial charge in [0.15, 0.2) is 0 Å². The zero-order chi connectivity index (χ0) is 23.3. The van der Waals surface area contributed by atoms with Crippen LogP contribution in [0, 0.1) is 29.1 Å². The summed E-state index contributed by atoms with van der Waals surface area (Å²) in [6, 6.07) is 0. The van der Waals surface area contributed by atoms with E-state index in [0.717, 1.165) is 30.6 Å². The van der Waals surface area contributed by atoms with Crippen molar-refractivity contribution in [1.29, 1.82) is 0 Å². The number of allylic oxidation sites excluding steroid dienone is 4. The van der Waals surface area contributed by atoms with E-state index in [1.165, 1.54) is 62.5 Å². The maximum atomic E-state index is 11.5. The van der Waals surface area contributed by atoms with Crippen LogP contribution < -0.4 is 0 Å². The fraction of sp³-hybridized carbons (Fsp3) is 0.759. The summed E-state index contributed by atoms with van der Waals surface area (Å²) >= 11 is 0. The summed E-state index contributed by atoms with van der Waals surface area (Å²) < 4.78 is 5.39. The van der Waals surface area contributed by atoms with Crippen molar-refractivity contribution in [3.8, 4) is 0 Å². The second-order valence-electron chi connectivity index (χ2n) is 11.4. The first-order valence-electron chi connectivity index (χ1n) is 13.1. The van der Waals surface area contributed by atoms with Crippen LogP contribution in [0.15, 0.2) is 35.5 Å². The lowest BCUT2D eigenvalue weighted by Crippen LogP contribution is -2.36. The van der Waals surface area contributed by atoms with Crippen LogP contribution in [-0.2, 0) is 9.53 Å². The van der Waals surface area contributed by atoms with Gasteiger partial charge >= 0.3 is 5.97 Å². The maximum absolute atomic E-state index is 11.5. The fourth-order valence-electron chi connectivity index (χ4n) is 6.97. The third kappa shape index (κ3) is 5.95. The summed E-state index contributed by atoms with van der Waals surface area (Å²) in [6.07, 6.45) is 17.6. The molecule has 0 aliphatic heterocycles. The van der Waals surface area contributed by atoms with Gasteiger partial charge in [-0.05, 0) is 79.6 Å². The Balaban J connectivity index is 1.68. The lowest BCUT2D eigenvalue weighted by molar-refractivity contribution is -0.152. The Morgan fingerprint density at radius 2 is 1.97 bits per heavy atom. The first-order valence-corrected chi connectivity index (χ1v) is 13.1. The van der Waals surface area contributed by atoms with Crippen LogP contribution in [0.2, 0.25) is 0 Å². The average Bonchev–Trinajstić information content (AvgIpc) is 3.11. The molecule has 0 amide bonds.